The van der Waals surface area contributed by atoms with Gasteiger partial charge in [-0.2, -0.15) is 0 Å². The lowest BCUT2D eigenvalue weighted by atomic mass is 9.71. The molecular formula is C16H26O2. The van der Waals surface area contributed by atoms with E-state index in [-0.39, 0.29) is 17.0 Å². The molecule has 2 heteroatoms. The van der Waals surface area contributed by atoms with Crippen molar-refractivity contribution < 1.29 is 9.53 Å². The van der Waals surface area contributed by atoms with Gasteiger partial charge in [-0.3, -0.25) is 0 Å². The summed E-state index contributed by atoms with van der Waals surface area (Å²) in [6.07, 6.45) is 6.37. The molecule has 18 heavy (non-hydrogen) atoms. The van der Waals surface area contributed by atoms with Gasteiger partial charge in [-0.25, -0.2) is 4.79 Å². The summed E-state index contributed by atoms with van der Waals surface area (Å²) in [7, 11) is 0. The largest absolute Gasteiger partial charge is 0.455 e. The van der Waals surface area contributed by atoms with Crippen LogP contribution in [0.5, 0.6) is 0 Å². The minimum absolute atomic E-state index is 0.0331. The Bertz CT molecular complexity index is 358. The van der Waals surface area contributed by atoms with E-state index in [0.717, 1.165) is 0 Å². The predicted octanol–water partition coefficient (Wildman–Crippen LogP) is 3.96. The molecule has 2 nitrogen and oxygen atoms in total. The van der Waals surface area contributed by atoms with E-state index >= 15 is 0 Å². The maximum absolute atomic E-state index is 11.7. The van der Waals surface area contributed by atoms with Gasteiger partial charge < -0.3 is 4.74 Å². The number of carbonyl (C=O) groups excluding carboxylic acids is 1. The van der Waals surface area contributed by atoms with Gasteiger partial charge in [0.15, 0.2) is 0 Å². The van der Waals surface area contributed by atoms with Crippen LogP contribution in [0.4, 0.5) is 0 Å². The average Bonchev–Trinajstić information content (AvgIpc) is 2.50. The molecule has 2 saturated carbocycles. The molecule has 2 aliphatic rings. The Morgan fingerprint density at radius 3 is 2.50 bits per heavy atom. The van der Waals surface area contributed by atoms with E-state index in [1.54, 1.807) is 0 Å². The van der Waals surface area contributed by atoms with Gasteiger partial charge in [0.25, 0.3) is 0 Å². The van der Waals surface area contributed by atoms with Crippen LogP contribution in [0, 0.1) is 23.2 Å². The van der Waals surface area contributed by atoms with Crippen LogP contribution in [-0.4, -0.2) is 11.6 Å². The Hall–Kier alpha value is -0.790. The quantitative estimate of drug-likeness (QED) is 0.548. The molecule has 102 valence electrons. The summed E-state index contributed by atoms with van der Waals surface area (Å²) >= 11 is 0. The van der Waals surface area contributed by atoms with Gasteiger partial charge in [0.2, 0.25) is 0 Å². The lowest BCUT2D eigenvalue weighted by molar-refractivity contribution is -0.171. The zero-order valence-corrected chi connectivity index (χ0v) is 12.2. The van der Waals surface area contributed by atoms with Crippen LogP contribution in [0.1, 0.15) is 53.4 Å². The van der Waals surface area contributed by atoms with Gasteiger partial charge in [0.1, 0.15) is 5.60 Å². The lowest BCUT2D eigenvalue weighted by Crippen LogP contribution is -2.48. The number of ether oxygens (including phenoxy) is 1. The fourth-order valence-corrected chi connectivity index (χ4v) is 4.36. The molecule has 2 rings (SSSR count). The first kappa shape index (κ1) is 13.6. The van der Waals surface area contributed by atoms with E-state index in [0.29, 0.717) is 17.8 Å². The molecular weight excluding hydrogens is 224 g/mol. The number of rotatable bonds is 2. The summed E-state index contributed by atoms with van der Waals surface area (Å²) in [6.45, 7) is 12.5. The second-order valence-electron chi connectivity index (χ2n) is 6.80. The molecule has 2 aliphatic carbocycles. The van der Waals surface area contributed by atoms with Crippen molar-refractivity contribution in [2.24, 2.45) is 23.2 Å². The Morgan fingerprint density at radius 1 is 1.28 bits per heavy atom. The highest BCUT2D eigenvalue weighted by molar-refractivity contribution is 5.81. The molecule has 0 aromatic carbocycles. The molecule has 0 bridgehead atoms. The fraction of sp³-hybridized carbons (Fsp3) is 0.812. The van der Waals surface area contributed by atoms with Crippen LogP contribution in [0.3, 0.4) is 0 Å². The number of carbonyl (C=O) groups is 1. The Morgan fingerprint density at radius 2 is 1.89 bits per heavy atom. The Balaban J connectivity index is 2.35. The topological polar surface area (TPSA) is 26.3 Å². The van der Waals surface area contributed by atoms with Gasteiger partial charge in [-0.05, 0) is 31.6 Å². The van der Waals surface area contributed by atoms with Crippen molar-refractivity contribution in [1.29, 1.82) is 0 Å². The van der Waals surface area contributed by atoms with Crippen molar-refractivity contribution in [3.63, 3.8) is 0 Å². The van der Waals surface area contributed by atoms with Crippen molar-refractivity contribution >= 4 is 5.97 Å². The molecule has 4 atom stereocenters. The van der Waals surface area contributed by atoms with Crippen LogP contribution in [-0.2, 0) is 9.53 Å². The normalized spacial score (nSPS) is 42.1. The van der Waals surface area contributed by atoms with Gasteiger partial charge >= 0.3 is 5.97 Å². The third-order valence-corrected chi connectivity index (χ3v) is 6.07. The standard InChI is InChI=1S/C16H26O2/c1-6-14(17)18-16(5)13-10-8-7-9-12(13)11(2)15(16,3)4/h6,11-13H,1,7-10H2,2-5H3. The smallest absolute Gasteiger partial charge is 0.330 e. The Labute approximate surface area is 111 Å². The van der Waals surface area contributed by atoms with Gasteiger partial charge in [0, 0.05) is 17.4 Å². The third-order valence-electron chi connectivity index (χ3n) is 6.07. The van der Waals surface area contributed by atoms with E-state index in [9.17, 15) is 4.79 Å². The molecule has 0 saturated heterocycles. The second kappa shape index (κ2) is 4.40. The molecule has 4 unspecified atom stereocenters. The molecule has 0 aromatic heterocycles. The highest BCUT2D eigenvalue weighted by atomic mass is 16.6. The van der Waals surface area contributed by atoms with Crippen molar-refractivity contribution in [2.45, 2.75) is 59.0 Å². The zero-order valence-electron chi connectivity index (χ0n) is 12.2. The number of esters is 1. The van der Waals surface area contributed by atoms with E-state index in [1.807, 2.05) is 0 Å². The molecule has 0 heterocycles. The van der Waals surface area contributed by atoms with Crippen LogP contribution in [0.15, 0.2) is 12.7 Å². The average molecular weight is 250 g/mol. The summed E-state index contributed by atoms with van der Waals surface area (Å²) in [5.41, 5.74) is -0.311. The fourth-order valence-electron chi connectivity index (χ4n) is 4.36. The summed E-state index contributed by atoms with van der Waals surface area (Å²) in [5, 5.41) is 0. The minimum atomic E-state index is -0.344. The van der Waals surface area contributed by atoms with Crippen LogP contribution < -0.4 is 0 Å². The predicted molar refractivity (Wildman–Crippen MR) is 73.1 cm³/mol. The van der Waals surface area contributed by atoms with Gasteiger partial charge in [-0.1, -0.05) is 40.2 Å². The third kappa shape index (κ3) is 1.72. The molecule has 0 aliphatic heterocycles. The van der Waals surface area contributed by atoms with Crippen molar-refractivity contribution in [3.05, 3.63) is 12.7 Å². The summed E-state index contributed by atoms with van der Waals surface area (Å²) in [6, 6.07) is 0. The Kier molecular flexibility index (Phi) is 3.33. The van der Waals surface area contributed by atoms with Gasteiger partial charge in [-0.15, -0.1) is 0 Å². The highest BCUT2D eigenvalue weighted by Gasteiger charge is 2.62. The molecule has 0 aromatic rings. The molecule has 0 radical (unpaired) electrons. The maximum atomic E-state index is 11.7. The summed E-state index contributed by atoms with van der Waals surface area (Å²) in [5.74, 6) is 1.55. The van der Waals surface area contributed by atoms with Crippen molar-refractivity contribution in [3.8, 4) is 0 Å². The monoisotopic (exact) mass is 250 g/mol. The molecule has 0 N–H and O–H groups in total. The molecule has 2 fully saturated rings. The maximum Gasteiger partial charge on any atom is 0.330 e. The van der Waals surface area contributed by atoms with Gasteiger partial charge in [0.05, 0.1) is 0 Å². The van der Waals surface area contributed by atoms with E-state index in [1.165, 1.54) is 31.8 Å². The first-order valence-corrected chi connectivity index (χ1v) is 7.20. The number of hydrogen-bond acceptors (Lipinski definition) is 2. The lowest BCUT2D eigenvalue weighted by Gasteiger charge is -2.43. The molecule has 0 spiro atoms. The number of fused-ring (bicyclic) bond motifs is 1. The zero-order chi connectivity index (χ0) is 13.6. The van der Waals surface area contributed by atoms with E-state index in [4.69, 9.17) is 4.74 Å². The minimum Gasteiger partial charge on any atom is -0.455 e. The van der Waals surface area contributed by atoms with Crippen LogP contribution >= 0.6 is 0 Å². The van der Waals surface area contributed by atoms with Crippen LogP contribution in [0.25, 0.3) is 0 Å². The number of hydrogen-bond donors (Lipinski definition) is 0. The van der Waals surface area contributed by atoms with Crippen LogP contribution in [0.2, 0.25) is 0 Å². The van der Waals surface area contributed by atoms with Crippen molar-refractivity contribution in [2.75, 3.05) is 0 Å². The summed E-state index contributed by atoms with van der Waals surface area (Å²) < 4.78 is 5.85. The summed E-state index contributed by atoms with van der Waals surface area (Å²) in [4.78, 5) is 11.7. The first-order chi connectivity index (χ1) is 8.34. The first-order valence-electron chi connectivity index (χ1n) is 7.20. The van der Waals surface area contributed by atoms with Crippen molar-refractivity contribution in [1.82, 2.24) is 0 Å². The van der Waals surface area contributed by atoms with E-state index in [2.05, 4.69) is 34.3 Å². The van der Waals surface area contributed by atoms with E-state index < -0.39 is 0 Å². The SMILES string of the molecule is C=CC(=O)OC1(C)C2CCCCC2C(C)C1(C)C. The second-order valence-corrected chi connectivity index (χ2v) is 6.80. The molecule has 0 amide bonds. The highest BCUT2D eigenvalue weighted by Crippen LogP contribution is 2.62.